The highest BCUT2D eigenvalue weighted by atomic mass is 79.9. The Hall–Kier alpha value is -1.36. The Balaban J connectivity index is 2.36. The number of benzene rings is 1. The SMILES string of the molecule is O=C1CCOc2ccc(C(=O)CBr)cc2N1. The molecule has 0 aromatic heterocycles. The van der Waals surface area contributed by atoms with E-state index in [9.17, 15) is 9.59 Å². The van der Waals surface area contributed by atoms with E-state index in [1.54, 1.807) is 18.2 Å². The second-order valence-corrected chi connectivity index (χ2v) is 3.98. The molecule has 0 atom stereocenters. The van der Waals surface area contributed by atoms with E-state index in [-0.39, 0.29) is 17.0 Å². The van der Waals surface area contributed by atoms with E-state index in [0.29, 0.717) is 30.0 Å². The standard InChI is InChI=1S/C11H10BrNO3/c12-6-9(14)7-1-2-10-8(5-7)13-11(15)3-4-16-10/h1-2,5H,3-4,6H2,(H,13,15). The molecule has 16 heavy (non-hydrogen) atoms. The fraction of sp³-hybridized carbons (Fsp3) is 0.273. The lowest BCUT2D eigenvalue weighted by atomic mass is 10.1. The van der Waals surface area contributed by atoms with E-state index < -0.39 is 0 Å². The minimum atomic E-state index is -0.0952. The first-order valence-electron chi connectivity index (χ1n) is 4.86. The Morgan fingerprint density at radius 1 is 1.50 bits per heavy atom. The van der Waals surface area contributed by atoms with Gasteiger partial charge in [0.1, 0.15) is 5.75 Å². The van der Waals surface area contributed by atoms with E-state index in [4.69, 9.17) is 4.74 Å². The topological polar surface area (TPSA) is 55.4 Å². The van der Waals surface area contributed by atoms with Crippen LogP contribution in [0.2, 0.25) is 0 Å². The maximum atomic E-state index is 11.5. The van der Waals surface area contributed by atoms with Crippen LogP contribution in [0, 0.1) is 0 Å². The van der Waals surface area contributed by atoms with Gasteiger partial charge in [0.05, 0.1) is 24.0 Å². The molecule has 0 bridgehead atoms. The van der Waals surface area contributed by atoms with Gasteiger partial charge in [0.2, 0.25) is 5.91 Å². The maximum absolute atomic E-state index is 11.5. The summed E-state index contributed by atoms with van der Waals surface area (Å²) >= 11 is 3.11. The zero-order chi connectivity index (χ0) is 11.5. The van der Waals surface area contributed by atoms with Gasteiger partial charge in [0, 0.05) is 5.56 Å². The summed E-state index contributed by atoms with van der Waals surface area (Å²) in [6.07, 6.45) is 0.330. The summed E-state index contributed by atoms with van der Waals surface area (Å²) in [6, 6.07) is 5.04. The van der Waals surface area contributed by atoms with Crippen molar-refractivity contribution >= 4 is 33.3 Å². The van der Waals surface area contributed by atoms with Gasteiger partial charge in [-0.3, -0.25) is 9.59 Å². The van der Waals surface area contributed by atoms with Gasteiger partial charge in [-0.25, -0.2) is 0 Å². The van der Waals surface area contributed by atoms with Gasteiger partial charge in [-0.1, -0.05) is 15.9 Å². The Morgan fingerprint density at radius 3 is 3.06 bits per heavy atom. The fourth-order valence-electron chi connectivity index (χ4n) is 1.47. The molecule has 0 saturated carbocycles. The molecule has 2 rings (SSSR count). The number of carbonyl (C=O) groups is 2. The minimum absolute atomic E-state index is 0.0266. The van der Waals surface area contributed by atoms with Crippen LogP contribution in [0.5, 0.6) is 5.75 Å². The van der Waals surface area contributed by atoms with Crippen molar-refractivity contribution in [3.63, 3.8) is 0 Å². The van der Waals surface area contributed by atoms with Crippen molar-refractivity contribution in [2.24, 2.45) is 0 Å². The molecule has 1 aliphatic heterocycles. The van der Waals surface area contributed by atoms with Crippen LogP contribution in [0.1, 0.15) is 16.8 Å². The molecule has 1 aliphatic rings. The third-order valence-corrected chi connectivity index (χ3v) is 2.79. The fourth-order valence-corrected chi connectivity index (χ4v) is 1.79. The van der Waals surface area contributed by atoms with Crippen molar-refractivity contribution in [1.29, 1.82) is 0 Å². The lowest BCUT2D eigenvalue weighted by Gasteiger charge is -2.08. The van der Waals surface area contributed by atoms with Crippen LogP contribution in [0.15, 0.2) is 18.2 Å². The van der Waals surface area contributed by atoms with Crippen LogP contribution < -0.4 is 10.1 Å². The summed E-state index contributed by atoms with van der Waals surface area (Å²) < 4.78 is 5.38. The molecule has 1 amide bonds. The van der Waals surface area contributed by atoms with Gasteiger partial charge in [0.25, 0.3) is 0 Å². The largest absolute Gasteiger partial charge is 0.491 e. The Kier molecular flexibility index (Phi) is 3.24. The molecule has 4 nitrogen and oxygen atoms in total. The van der Waals surface area contributed by atoms with Crippen molar-refractivity contribution in [3.8, 4) is 5.75 Å². The van der Waals surface area contributed by atoms with Gasteiger partial charge in [-0.2, -0.15) is 0 Å². The molecule has 1 N–H and O–H groups in total. The zero-order valence-corrected chi connectivity index (χ0v) is 10.0. The molecule has 84 valence electrons. The lowest BCUT2D eigenvalue weighted by molar-refractivity contribution is -0.116. The molecule has 1 aromatic rings. The Bertz CT molecular complexity index is 445. The lowest BCUT2D eigenvalue weighted by Crippen LogP contribution is -2.11. The van der Waals surface area contributed by atoms with E-state index in [1.165, 1.54) is 0 Å². The van der Waals surface area contributed by atoms with Crippen molar-refractivity contribution in [3.05, 3.63) is 23.8 Å². The van der Waals surface area contributed by atoms with Crippen molar-refractivity contribution in [2.45, 2.75) is 6.42 Å². The van der Waals surface area contributed by atoms with Gasteiger partial charge in [-0.15, -0.1) is 0 Å². The second kappa shape index (κ2) is 4.65. The number of amides is 1. The summed E-state index contributed by atoms with van der Waals surface area (Å²) in [4.78, 5) is 22.8. The average Bonchev–Trinajstić information content (AvgIpc) is 2.47. The van der Waals surface area contributed by atoms with Crippen LogP contribution in [0.3, 0.4) is 0 Å². The van der Waals surface area contributed by atoms with Crippen molar-refractivity contribution < 1.29 is 14.3 Å². The van der Waals surface area contributed by atoms with Crippen LogP contribution in [-0.4, -0.2) is 23.6 Å². The van der Waals surface area contributed by atoms with Gasteiger partial charge in [0.15, 0.2) is 5.78 Å². The molecule has 0 fully saturated rings. The third-order valence-electron chi connectivity index (χ3n) is 2.28. The molecule has 0 unspecified atom stereocenters. The summed E-state index contributed by atoms with van der Waals surface area (Å²) in [6.45, 7) is 0.366. The number of ether oxygens (including phenoxy) is 1. The quantitative estimate of drug-likeness (QED) is 0.667. The molecule has 0 aliphatic carbocycles. The smallest absolute Gasteiger partial charge is 0.227 e. The number of Topliss-reactive ketones (excluding diaryl/α,β-unsaturated/α-hetero) is 1. The summed E-state index contributed by atoms with van der Waals surface area (Å²) in [5, 5.41) is 2.97. The predicted molar refractivity (Wildman–Crippen MR) is 63.3 cm³/mol. The van der Waals surface area contributed by atoms with Gasteiger partial charge >= 0.3 is 0 Å². The third kappa shape index (κ3) is 2.24. The van der Waals surface area contributed by atoms with E-state index in [0.717, 1.165) is 0 Å². The number of hydrogen-bond acceptors (Lipinski definition) is 3. The molecule has 0 radical (unpaired) electrons. The van der Waals surface area contributed by atoms with Gasteiger partial charge < -0.3 is 10.1 Å². The summed E-state index contributed by atoms with van der Waals surface area (Å²) in [7, 11) is 0. The average molecular weight is 284 g/mol. The number of alkyl halides is 1. The highest BCUT2D eigenvalue weighted by molar-refractivity contribution is 9.09. The van der Waals surface area contributed by atoms with Crippen molar-refractivity contribution in [1.82, 2.24) is 0 Å². The molecule has 5 heteroatoms. The maximum Gasteiger partial charge on any atom is 0.227 e. The number of carbonyl (C=O) groups excluding carboxylic acids is 2. The highest BCUT2D eigenvalue weighted by Gasteiger charge is 2.15. The number of nitrogens with one attached hydrogen (secondary N) is 1. The summed E-state index contributed by atoms with van der Waals surface area (Å²) in [5.41, 5.74) is 1.12. The second-order valence-electron chi connectivity index (χ2n) is 3.41. The molecule has 1 heterocycles. The number of anilines is 1. The summed E-state index contributed by atoms with van der Waals surface area (Å²) in [5.74, 6) is 0.487. The first-order valence-corrected chi connectivity index (χ1v) is 5.98. The number of halogens is 1. The molecular formula is C11H10BrNO3. The zero-order valence-electron chi connectivity index (χ0n) is 8.46. The number of hydrogen-bond donors (Lipinski definition) is 1. The first-order chi connectivity index (χ1) is 7.70. The van der Waals surface area contributed by atoms with E-state index >= 15 is 0 Å². The van der Waals surface area contributed by atoms with E-state index in [1.807, 2.05) is 0 Å². The van der Waals surface area contributed by atoms with Crippen molar-refractivity contribution in [2.75, 3.05) is 17.3 Å². The number of rotatable bonds is 2. The molecule has 0 spiro atoms. The molecule has 0 saturated heterocycles. The van der Waals surface area contributed by atoms with Gasteiger partial charge in [-0.05, 0) is 18.2 Å². The monoisotopic (exact) mass is 283 g/mol. The number of ketones is 1. The Morgan fingerprint density at radius 2 is 2.31 bits per heavy atom. The Labute approximate surface area is 101 Å². The van der Waals surface area contributed by atoms with Crippen LogP contribution in [0.25, 0.3) is 0 Å². The number of fused-ring (bicyclic) bond motifs is 1. The van der Waals surface area contributed by atoms with Crippen LogP contribution in [-0.2, 0) is 4.79 Å². The molecule has 1 aromatic carbocycles. The van der Waals surface area contributed by atoms with Crippen LogP contribution >= 0.6 is 15.9 Å². The highest BCUT2D eigenvalue weighted by Crippen LogP contribution is 2.28. The molecular weight excluding hydrogens is 274 g/mol. The first kappa shape index (κ1) is 11.1. The van der Waals surface area contributed by atoms with Crippen LogP contribution in [0.4, 0.5) is 5.69 Å². The minimum Gasteiger partial charge on any atom is -0.491 e. The normalized spacial score (nSPS) is 14.4. The predicted octanol–water partition coefficient (Wildman–Crippen LogP) is 1.99. The van der Waals surface area contributed by atoms with E-state index in [2.05, 4.69) is 21.2 Å².